The van der Waals surface area contributed by atoms with Crippen LogP contribution >= 0.6 is 0 Å². The Morgan fingerprint density at radius 1 is 1.00 bits per heavy atom. The summed E-state index contributed by atoms with van der Waals surface area (Å²) in [7, 11) is 0. The highest BCUT2D eigenvalue weighted by molar-refractivity contribution is 5.93. The minimum atomic E-state index is -1.51. The maximum atomic E-state index is 12.2. The van der Waals surface area contributed by atoms with Crippen molar-refractivity contribution in [1.29, 1.82) is 0 Å². The van der Waals surface area contributed by atoms with Crippen LogP contribution in [-0.2, 0) is 24.0 Å². The summed E-state index contributed by atoms with van der Waals surface area (Å²) >= 11 is 0. The molecule has 0 aliphatic rings. The van der Waals surface area contributed by atoms with Crippen molar-refractivity contribution < 1.29 is 34.2 Å². The van der Waals surface area contributed by atoms with Crippen molar-refractivity contribution in [2.24, 2.45) is 17.4 Å². The van der Waals surface area contributed by atoms with Gasteiger partial charge < -0.3 is 37.6 Å². The van der Waals surface area contributed by atoms with Gasteiger partial charge >= 0.3 is 5.97 Å². The highest BCUT2D eigenvalue weighted by atomic mass is 16.4. The maximum Gasteiger partial charge on any atom is 0.326 e. The van der Waals surface area contributed by atoms with Crippen molar-refractivity contribution in [3.8, 4) is 0 Å². The van der Waals surface area contributed by atoms with E-state index < -0.39 is 67.3 Å². The van der Waals surface area contributed by atoms with Gasteiger partial charge in [0.1, 0.15) is 18.1 Å². The molecule has 0 rings (SSSR count). The van der Waals surface area contributed by atoms with Crippen LogP contribution in [0.3, 0.4) is 0 Å². The predicted octanol–water partition coefficient (Wildman–Crippen LogP) is -3.60. The van der Waals surface area contributed by atoms with E-state index in [1.165, 1.54) is 0 Å². The monoisotopic (exact) mass is 389 g/mol. The molecule has 12 heteroatoms. The van der Waals surface area contributed by atoms with Gasteiger partial charge in [0.15, 0.2) is 0 Å². The molecule has 0 aromatic heterocycles. The number of aliphatic hydroxyl groups excluding tert-OH is 1. The number of carbonyl (C=O) groups is 5. The summed E-state index contributed by atoms with van der Waals surface area (Å²) in [5, 5.41) is 24.5. The Morgan fingerprint density at radius 2 is 1.59 bits per heavy atom. The molecule has 0 heterocycles. The minimum Gasteiger partial charge on any atom is -0.480 e. The van der Waals surface area contributed by atoms with Crippen LogP contribution in [0, 0.1) is 5.92 Å². The van der Waals surface area contributed by atoms with Gasteiger partial charge in [0.05, 0.1) is 19.6 Å². The van der Waals surface area contributed by atoms with Gasteiger partial charge in [0.2, 0.25) is 23.6 Å². The molecule has 0 bridgehead atoms. The Balaban J connectivity index is 4.78. The van der Waals surface area contributed by atoms with Gasteiger partial charge in [-0.05, 0) is 12.3 Å². The second-order valence-electron chi connectivity index (χ2n) is 6.33. The van der Waals surface area contributed by atoms with Crippen molar-refractivity contribution in [3.05, 3.63) is 0 Å². The number of nitrogens with two attached hydrogens (primary N) is 2. The van der Waals surface area contributed by atoms with Crippen LogP contribution in [0.1, 0.15) is 26.7 Å². The number of carbonyl (C=O) groups excluding carboxylic acids is 4. The van der Waals surface area contributed by atoms with E-state index in [4.69, 9.17) is 21.7 Å². The standard InChI is InChI=1S/C15H27N5O7/c1-7(2)3-9(20-13(24)8(16)6-21)14(25)18-5-12(23)19-10(15(26)27)4-11(17)22/h7-10,21H,3-6,16H2,1-2H3,(H2,17,22)(H,18,25)(H,19,23)(H,20,24)(H,26,27). The fourth-order valence-electron chi connectivity index (χ4n) is 2.00. The lowest BCUT2D eigenvalue weighted by molar-refractivity contribution is -0.143. The van der Waals surface area contributed by atoms with E-state index in [-0.39, 0.29) is 12.3 Å². The summed E-state index contributed by atoms with van der Waals surface area (Å²) < 4.78 is 0. The molecule has 0 aromatic carbocycles. The van der Waals surface area contributed by atoms with E-state index in [1.807, 2.05) is 13.8 Å². The summed E-state index contributed by atoms with van der Waals surface area (Å²) in [4.78, 5) is 57.5. The van der Waals surface area contributed by atoms with Crippen molar-refractivity contribution in [3.63, 3.8) is 0 Å². The van der Waals surface area contributed by atoms with Gasteiger partial charge in [0.25, 0.3) is 0 Å². The van der Waals surface area contributed by atoms with E-state index in [9.17, 15) is 24.0 Å². The molecular formula is C15H27N5O7. The van der Waals surface area contributed by atoms with Crippen LogP contribution in [0.2, 0.25) is 0 Å². The number of primary amides is 1. The quantitative estimate of drug-likeness (QED) is 0.176. The third-order valence-corrected chi connectivity index (χ3v) is 3.34. The van der Waals surface area contributed by atoms with E-state index in [0.29, 0.717) is 0 Å². The fraction of sp³-hybridized carbons (Fsp3) is 0.667. The molecule has 0 aliphatic heterocycles. The molecule has 154 valence electrons. The zero-order valence-electron chi connectivity index (χ0n) is 15.2. The van der Waals surface area contributed by atoms with Crippen LogP contribution in [0.5, 0.6) is 0 Å². The molecule has 0 saturated carbocycles. The normalized spacial score (nSPS) is 14.0. The second-order valence-corrected chi connectivity index (χ2v) is 6.33. The number of aliphatic hydroxyl groups is 1. The van der Waals surface area contributed by atoms with Crippen molar-refractivity contribution in [1.82, 2.24) is 16.0 Å². The molecule has 4 amide bonds. The van der Waals surface area contributed by atoms with Crippen LogP contribution < -0.4 is 27.4 Å². The Hall–Kier alpha value is -2.73. The van der Waals surface area contributed by atoms with Crippen LogP contribution in [0.15, 0.2) is 0 Å². The first-order chi connectivity index (χ1) is 12.5. The molecule has 3 unspecified atom stereocenters. The smallest absolute Gasteiger partial charge is 0.326 e. The minimum absolute atomic E-state index is 0.0205. The number of carboxylic acid groups (broad SMARTS) is 1. The molecule has 9 N–H and O–H groups in total. The molecule has 0 radical (unpaired) electrons. The Bertz CT molecular complexity index is 567. The largest absolute Gasteiger partial charge is 0.480 e. The Morgan fingerprint density at radius 3 is 2.04 bits per heavy atom. The highest BCUT2D eigenvalue weighted by Crippen LogP contribution is 2.05. The third-order valence-electron chi connectivity index (χ3n) is 3.34. The maximum absolute atomic E-state index is 12.2. The zero-order valence-corrected chi connectivity index (χ0v) is 15.2. The lowest BCUT2D eigenvalue weighted by Crippen LogP contribution is -2.54. The van der Waals surface area contributed by atoms with Crippen LogP contribution in [0.4, 0.5) is 0 Å². The highest BCUT2D eigenvalue weighted by Gasteiger charge is 2.26. The molecule has 3 atom stereocenters. The van der Waals surface area contributed by atoms with E-state index >= 15 is 0 Å². The number of carboxylic acids is 1. The summed E-state index contributed by atoms with van der Waals surface area (Å²) in [6.07, 6.45) is -0.350. The second kappa shape index (κ2) is 11.8. The molecule has 0 fully saturated rings. The lowest BCUT2D eigenvalue weighted by Gasteiger charge is -2.21. The van der Waals surface area contributed by atoms with Gasteiger partial charge in [-0.3, -0.25) is 19.2 Å². The first kappa shape index (κ1) is 24.3. The van der Waals surface area contributed by atoms with E-state index in [2.05, 4.69) is 16.0 Å². The molecule has 27 heavy (non-hydrogen) atoms. The summed E-state index contributed by atoms with van der Waals surface area (Å²) in [5.41, 5.74) is 10.3. The average Bonchev–Trinajstić information content (AvgIpc) is 2.56. The summed E-state index contributed by atoms with van der Waals surface area (Å²) in [6, 6.07) is -3.70. The van der Waals surface area contributed by atoms with Crippen molar-refractivity contribution in [2.75, 3.05) is 13.2 Å². The topological polar surface area (TPSA) is 214 Å². The zero-order chi connectivity index (χ0) is 21.1. The van der Waals surface area contributed by atoms with Gasteiger partial charge in [-0.2, -0.15) is 0 Å². The summed E-state index contributed by atoms with van der Waals surface area (Å²) in [6.45, 7) is 2.46. The SMILES string of the molecule is CC(C)CC(NC(=O)C(N)CO)C(=O)NCC(=O)NC(CC(N)=O)C(=O)O. The molecular weight excluding hydrogens is 362 g/mol. The molecule has 12 nitrogen and oxygen atoms in total. The number of rotatable bonds is 12. The van der Waals surface area contributed by atoms with Crippen molar-refractivity contribution >= 4 is 29.6 Å². The number of amides is 4. The number of hydrogen-bond acceptors (Lipinski definition) is 7. The molecule has 0 aromatic rings. The molecule has 0 saturated heterocycles. The predicted molar refractivity (Wildman–Crippen MR) is 92.8 cm³/mol. The number of aliphatic carboxylic acids is 1. The van der Waals surface area contributed by atoms with Gasteiger partial charge in [-0.15, -0.1) is 0 Å². The average molecular weight is 389 g/mol. The Labute approximate surface area is 156 Å². The van der Waals surface area contributed by atoms with E-state index in [0.717, 1.165) is 0 Å². The number of hydrogen-bond donors (Lipinski definition) is 7. The third kappa shape index (κ3) is 10.1. The Kier molecular flexibility index (Phi) is 10.6. The van der Waals surface area contributed by atoms with Crippen LogP contribution in [0.25, 0.3) is 0 Å². The molecule has 0 aliphatic carbocycles. The van der Waals surface area contributed by atoms with Gasteiger partial charge in [-0.1, -0.05) is 13.8 Å². The van der Waals surface area contributed by atoms with E-state index in [1.54, 1.807) is 0 Å². The summed E-state index contributed by atoms with van der Waals surface area (Å²) in [5.74, 6) is -4.59. The van der Waals surface area contributed by atoms with Gasteiger partial charge in [-0.25, -0.2) is 4.79 Å². The fourth-order valence-corrected chi connectivity index (χ4v) is 2.00. The lowest BCUT2D eigenvalue weighted by atomic mass is 10.0. The van der Waals surface area contributed by atoms with Gasteiger partial charge in [0, 0.05) is 0 Å². The van der Waals surface area contributed by atoms with Crippen LogP contribution in [-0.4, -0.2) is 71.1 Å². The molecule has 0 spiro atoms. The first-order valence-electron chi connectivity index (χ1n) is 8.22. The van der Waals surface area contributed by atoms with Crippen molar-refractivity contribution in [2.45, 2.75) is 44.8 Å². The first-order valence-corrected chi connectivity index (χ1v) is 8.22. The number of nitrogens with one attached hydrogen (secondary N) is 3.